The van der Waals surface area contributed by atoms with Crippen LogP contribution in [0.15, 0.2) is 67.3 Å². The van der Waals surface area contributed by atoms with E-state index in [2.05, 4.69) is 40.0 Å². The SMILES string of the molecule is Cc1ccc2c(c1)c(-n1cccc1)c1n2C[C@](C)(C(=O)NC2CCCCC2)N(Cc2cccnc2)C1=O. The van der Waals surface area contributed by atoms with Crippen molar-refractivity contribution in [3.05, 3.63) is 84.1 Å². The Labute approximate surface area is 217 Å². The van der Waals surface area contributed by atoms with Crippen LogP contribution in [0.1, 0.15) is 60.6 Å². The fraction of sp³-hybridized carbons (Fsp3) is 0.367. The third-order valence-corrected chi connectivity index (χ3v) is 8.06. The molecule has 1 aliphatic heterocycles. The number of carbonyl (C=O) groups is 2. The van der Waals surface area contributed by atoms with Gasteiger partial charge in [-0.15, -0.1) is 0 Å². The second-order valence-electron chi connectivity index (χ2n) is 10.7. The van der Waals surface area contributed by atoms with E-state index in [-0.39, 0.29) is 17.9 Å². The Morgan fingerprint density at radius 3 is 2.62 bits per heavy atom. The Hall–Kier alpha value is -3.87. The number of nitrogens with zero attached hydrogens (tertiary/aromatic N) is 4. The zero-order valence-electron chi connectivity index (χ0n) is 21.5. The van der Waals surface area contributed by atoms with Crippen LogP contribution < -0.4 is 5.32 Å². The summed E-state index contributed by atoms with van der Waals surface area (Å²) in [6, 6.07) is 14.2. The molecule has 1 aliphatic carbocycles. The van der Waals surface area contributed by atoms with Gasteiger partial charge in [0.1, 0.15) is 11.2 Å². The summed E-state index contributed by atoms with van der Waals surface area (Å²) >= 11 is 0. The predicted molar refractivity (Wildman–Crippen MR) is 144 cm³/mol. The van der Waals surface area contributed by atoms with Crippen LogP contribution in [0.25, 0.3) is 16.6 Å². The lowest BCUT2D eigenvalue weighted by atomic mass is 9.91. The van der Waals surface area contributed by atoms with E-state index in [0.29, 0.717) is 18.8 Å². The Morgan fingerprint density at radius 1 is 1.11 bits per heavy atom. The third kappa shape index (κ3) is 4.02. The van der Waals surface area contributed by atoms with E-state index >= 15 is 0 Å². The van der Waals surface area contributed by atoms with Crippen LogP contribution in [0, 0.1) is 6.92 Å². The number of rotatable bonds is 5. The molecule has 0 spiro atoms. The van der Waals surface area contributed by atoms with Crippen LogP contribution in [0.5, 0.6) is 0 Å². The molecule has 0 unspecified atom stereocenters. The van der Waals surface area contributed by atoms with Gasteiger partial charge in [-0.2, -0.15) is 0 Å². The summed E-state index contributed by atoms with van der Waals surface area (Å²) in [5.41, 5.74) is 3.41. The van der Waals surface area contributed by atoms with Crippen molar-refractivity contribution in [3.8, 4) is 5.69 Å². The standard InChI is InChI=1S/C30H33N5O2/c1-21-12-13-25-24(17-21)26(33-15-6-7-16-33)27-28(36)35(19-22-9-8-14-31-18-22)30(2,20-34(25)27)29(37)32-23-10-4-3-5-11-23/h6-9,12-18,23H,3-5,10-11,19-20H2,1-2H3,(H,32,37)/t30-/m1/s1. The maximum Gasteiger partial charge on any atom is 0.273 e. The van der Waals surface area contributed by atoms with Crippen molar-refractivity contribution in [2.24, 2.45) is 0 Å². The molecule has 37 heavy (non-hydrogen) atoms. The lowest BCUT2D eigenvalue weighted by Gasteiger charge is -2.45. The fourth-order valence-corrected chi connectivity index (χ4v) is 6.02. The number of aryl methyl sites for hydroxylation is 1. The van der Waals surface area contributed by atoms with Crippen LogP contribution in [-0.2, 0) is 17.9 Å². The Morgan fingerprint density at radius 2 is 1.89 bits per heavy atom. The number of pyridine rings is 1. The highest BCUT2D eigenvalue weighted by Crippen LogP contribution is 2.39. The monoisotopic (exact) mass is 495 g/mol. The average Bonchev–Trinajstić information content (AvgIpc) is 3.54. The number of fused-ring (bicyclic) bond motifs is 3. The molecule has 190 valence electrons. The van der Waals surface area contributed by atoms with Crippen molar-refractivity contribution in [2.45, 2.75) is 70.6 Å². The predicted octanol–water partition coefficient (Wildman–Crippen LogP) is 5.00. The Kier molecular flexibility index (Phi) is 5.86. The largest absolute Gasteiger partial charge is 0.351 e. The summed E-state index contributed by atoms with van der Waals surface area (Å²) in [4.78, 5) is 34.5. The van der Waals surface area contributed by atoms with Gasteiger partial charge < -0.3 is 19.4 Å². The molecule has 0 bridgehead atoms. The highest BCUT2D eigenvalue weighted by molar-refractivity contribution is 6.09. The van der Waals surface area contributed by atoms with Gasteiger partial charge in [0.2, 0.25) is 5.91 Å². The van der Waals surface area contributed by atoms with E-state index in [9.17, 15) is 9.59 Å². The van der Waals surface area contributed by atoms with E-state index in [4.69, 9.17) is 0 Å². The Balaban J connectivity index is 1.51. The summed E-state index contributed by atoms with van der Waals surface area (Å²) < 4.78 is 4.07. The van der Waals surface area contributed by atoms with Gasteiger partial charge in [-0.05, 0) is 62.6 Å². The second-order valence-corrected chi connectivity index (χ2v) is 10.7. The maximum absolute atomic E-state index is 14.5. The van der Waals surface area contributed by atoms with Gasteiger partial charge in [-0.3, -0.25) is 14.6 Å². The summed E-state index contributed by atoms with van der Waals surface area (Å²) in [5, 5.41) is 4.33. The zero-order valence-corrected chi connectivity index (χ0v) is 21.5. The van der Waals surface area contributed by atoms with Gasteiger partial charge in [0.25, 0.3) is 5.91 Å². The molecule has 1 atom stereocenters. The van der Waals surface area contributed by atoms with Crippen molar-refractivity contribution in [1.29, 1.82) is 0 Å². The first-order valence-electron chi connectivity index (χ1n) is 13.2. The topological polar surface area (TPSA) is 72.2 Å². The van der Waals surface area contributed by atoms with E-state index in [1.807, 2.05) is 48.1 Å². The molecule has 3 aromatic heterocycles. The third-order valence-electron chi connectivity index (χ3n) is 8.06. The van der Waals surface area contributed by atoms with Gasteiger partial charge >= 0.3 is 0 Å². The lowest BCUT2D eigenvalue weighted by Crippen LogP contribution is -2.64. The first-order chi connectivity index (χ1) is 18.0. The molecule has 1 fully saturated rings. The van der Waals surface area contributed by atoms with Crippen LogP contribution in [0.4, 0.5) is 0 Å². The Bertz CT molecular complexity index is 1450. The fourth-order valence-electron chi connectivity index (χ4n) is 6.02. The average molecular weight is 496 g/mol. The van der Waals surface area contributed by atoms with E-state index in [1.54, 1.807) is 17.3 Å². The van der Waals surface area contributed by atoms with Crippen molar-refractivity contribution in [3.63, 3.8) is 0 Å². The molecular weight excluding hydrogens is 462 g/mol. The lowest BCUT2D eigenvalue weighted by molar-refractivity contribution is -0.134. The molecule has 7 heteroatoms. The van der Waals surface area contributed by atoms with Gasteiger partial charge in [-0.1, -0.05) is 37.0 Å². The molecule has 4 heterocycles. The number of amides is 2. The number of aromatic nitrogens is 3. The van der Waals surface area contributed by atoms with Crippen molar-refractivity contribution < 1.29 is 9.59 Å². The summed E-state index contributed by atoms with van der Waals surface area (Å²) in [5.74, 6) is -0.229. The van der Waals surface area contributed by atoms with Gasteiger partial charge in [-0.25, -0.2) is 0 Å². The highest BCUT2D eigenvalue weighted by atomic mass is 16.2. The van der Waals surface area contributed by atoms with Crippen LogP contribution >= 0.6 is 0 Å². The van der Waals surface area contributed by atoms with E-state index in [0.717, 1.165) is 53.4 Å². The van der Waals surface area contributed by atoms with E-state index in [1.165, 1.54) is 6.42 Å². The normalized spacial score (nSPS) is 20.3. The van der Waals surface area contributed by atoms with Crippen LogP contribution in [0.2, 0.25) is 0 Å². The molecule has 1 N–H and O–H groups in total. The van der Waals surface area contributed by atoms with Crippen LogP contribution in [-0.4, -0.2) is 42.4 Å². The molecule has 0 radical (unpaired) electrons. The molecule has 0 saturated heterocycles. The number of benzene rings is 1. The van der Waals surface area contributed by atoms with Crippen molar-refractivity contribution in [2.75, 3.05) is 0 Å². The molecular formula is C30H33N5O2. The molecule has 1 saturated carbocycles. The number of carbonyl (C=O) groups excluding carboxylic acids is 2. The molecule has 7 nitrogen and oxygen atoms in total. The molecule has 1 aromatic carbocycles. The van der Waals surface area contributed by atoms with Crippen molar-refractivity contribution in [1.82, 2.24) is 24.3 Å². The minimum absolute atomic E-state index is 0.0845. The van der Waals surface area contributed by atoms with Gasteiger partial charge in [0.05, 0.1) is 17.7 Å². The number of nitrogens with one attached hydrogen (secondary N) is 1. The van der Waals surface area contributed by atoms with Gasteiger partial charge in [0, 0.05) is 42.8 Å². The maximum atomic E-state index is 14.5. The number of hydrogen-bond acceptors (Lipinski definition) is 3. The van der Waals surface area contributed by atoms with Gasteiger partial charge in [0.15, 0.2) is 0 Å². The summed E-state index contributed by atoms with van der Waals surface area (Å²) in [6.07, 6.45) is 12.9. The van der Waals surface area contributed by atoms with E-state index < -0.39 is 5.54 Å². The summed E-state index contributed by atoms with van der Waals surface area (Å²) in [7, 11) is 0. The highest BCUT2D eigenvalue weighted by Gasteiger charge is 2.49. The van der Waals surface area contributed by atoms with Crippen molar-refractivity contribution >= 4 is 22.7 Å². The first kappa shape index (κ1) is 23.5. The zero-order chi connectivity index (χ0) is 25.6. The summed E-state index contributed by atoms with van der Waals surface area (Å²) in [6.45, 7) is 4.67. The minimum Gasteiger partial charge on any atom is -0.351 e. The second kappa shape index (κ2) is 9.21. The molecule has 6 rings (SSSR count). The van der Waals surface area contributed by atoms with Crippen LogP contribution in [0.3, 0.4) is 0 Å². The number of hydrogen-bond donors (Lipinski definition) is 1. The smallest absolute Gasteiger partial charge is 0.273 e. The molecule has 4 aromatic rings. The minimum atomic E-state index is -1.05. The molecule has 2 aliphatic rings. The first-order valence-corrected chi connectivity index (χ1v) is 13.2. The molecule has 2 amide bonds. The quantitative estimate of drug-likeness (QED) is 0.424.